The summed E-state index contributed by atoms with van der Waals surface area (Å²) in [7, 11) is 0. The predicted molar refractivity (Wildman–Crippen MR) is 77.0 cm³/mol. The maximum absolute atomic E-state index is 11.7. The predicted octanol–water partition coefficient (Wildman–Crippen LogP) is 3.14. The molecule has 18 heavy (non-hydrogen) atoms. The number of amides is 1. The second-order valence-electron chi connectivity index (χ2n) is 4.20. The number of hydrogen-bond acceptors (Lipinski definition) is 4. The summed E-state index contributed by atoms with van der Waals surface area (Å²) in [5, 5.41) is 12.6. The molecule has 100 valence electrons. The van der Waals surface area contributed by atoms with Gasteiger partial charge < -0.3 is 10.4 Å². The summed E-state index contributed by atoms with van der Waals surface area (Å²) >= 11 is 2.84. The van der Waals surface area contributed by atoms with Gasteiger partial charge in [0.25, 0.3) is 0 Å². The Morgan fingerprint density at radius 3 is 2.50 bits per heavy atom. The minimum atomic E-state index is -0.997. The van der Waals surface area contributed by atoms with Crippen LogP contribution in [0.25, 0.3) is 0 Å². The van der Waals surface area contributed by atoms with Crippen LogP contribution in [0.3, 0.4) is 0 Å². The molecule has 1 aromatic rings. The van der Waals surface area contributed by atoms with E-state index in [-0.39, 0.29) is 11.5 Å². The van der Waals surface area contributed by atoms with Gasteiger partial charge in [0.15, 0.2) is 0 Å². The van der Waals surface area contributed by atoms with Crippen molar-refractivity contribution in [3.8, 4) is 0 Å². The van der Waals surface area contributed by atoms with Crippen molar-refractivity contribution >= 4 is 40.0 Å². The van der Waals surface area contributed by atoms with Gasteiger partial charge >= 0.3 is 5.97 Å². The molecule has 0 aromatic carbocycles. The number of carboxylic acids is 1. The molecule has 0 saturated heterocycles. The number of rotatable bonds is 5. The first-order chi connectivity index (χ1) is 8.32. The maximum atomic E-state index is 11.7. The average molecular weight is 287 g/mol. The van der Waals surface area contributed by atoms with Crippen LogP contribution >= 0.6 is 23.1 Å². The molecule has 6 heteroatoms. The van der Waals surface area contributed by atoms with Gasteiger partial charge in [0.2, 0.25) is 5.91 Å². The average Bonchev–Trinajstić information content (AvgIpc) is 2.51. The first-order valence-corrected chi connectivity index (χ1v) is 7.44. The van der Waals surface area contributed by atoms with Crippen LogP contribution in [0.15, 0.2) is 0 Å². The van der Waals surface area contributed by atoms with Crippen molar-refractivity contribution < 1.29 is 14.7 Å². The molecular weight excluding hydrogens is 270 g/mol. The normalized spacial score (nSPS) is 10.7. The molecule has 0 bridgehead atoms. The zero-order valence-electron chi connectivity index (χ0n) is 10.9. The Labute approximate surface area is 115 Å². The van der Waals surface area contributed by atoms with E-state index in [1.54, 1.807) is 6.92 Å². The van der Waals surface area contributed by atoms with Crippen LogP contribution in [0.4, 0.5) is 5.00 Å². The summed E-state index contributed by atoms with van der Waals surface area (Å²) in [6.45, 7) is 7.64. The highest BCUT2D eigenvalue weighted by Gasteiger charge is 2.20. The van der Waals surface area contributed by atoms with Crippen LogP contribution in [-0.2, 0) is 4.79 Å². The topological polar surface area (TPSA) is 66.4 Å². The van der Waals surface area contributed by atoms with Gasteiger partial charge in [0.1, 0.15) is 5.00 Å². The monoisotopic (exact) mass is 287 g/mol. The standard InChI is InChI=1S/C12H17NO3S2/c1-6(2)17-5-9(14)13-11-10(12(15)16)7(3)8(4)18-11/h6H,5H2,1-4H3,(H,13,14)(H,15,16). The van der Waals surface area contributed by atoms with Crippen molar-refractivity contribution in [1.29, 1.82) is 0 Å². The lowest BCUT2D eigenvalue weighted by Gasteiger charge is -2.06. The second kappa shape index (κ2) is 6.24. The number of aryl methyl sites for hydroxylation is 1. The van der Waals surface area contributed by atoms with Gasteiger partial charge in [-0.3, -0.25) is 4.79 Å². The molecule has 1 aromatic heterocycles. The fourth-order valence-electron chi connectivity index (χ4n) is 1.38. The number of thiophene rings is 1. The number of thioether (sulfide) groups is 1. The first kappa shape index (κ1) is 15.0. The third-order valence-corrected chi connectivity index (χ3v) is 4.62. The van der Waals surface area contributed by atoms with Crippen LogP contribution in [0, 0.1) is 13.8 Å². The molecule has 4 nitrogen and oxygen atoms in total. The molecule has 2 N–H and O–H groups in total. The Hall–Kier alpha value is -1.01. The molecule has 0 unspecified atom stereocenters. The lowest BCUT2D eigenvalue weighted by Crippen LogP contribution is -2.16. The highest BCUT2D eigenvalue weighted by atomic mass is 32.2. The summed E-state index contributed by atoms with van der Waals surface area (Å²) < 4.78 is 0. The molecule has 0 radical (unpaired) electrons. The molecule has 0 saturated carbocycles. The Balaban J connectivity index is 2.81. The van der Waals surface area contributed by atoms with Crippen LogP contribution in [-0.4, -0.2) is 28.0 Å². The summed E-state index contributed by atoms with van der Waals surface area (Å²) in [5.74, 6) is -0.812. The largest absolute Gasteiger partial charge is 0.478 e. The van der Waals surface area contributed by atoms with E-state index in [9.17, 15) is 9.59 Å². The number of anilines is 1. The van der Waals surface area contributed by atoms with Crippen molar-refractivity contribution in [2.24, 2.45) is 0 Å². The van der Waals surface area contributed by atoms with Gasteiger partial charge in [0, 0.05) is 4.88 Å². The van der Waals surface area contributed by atoms with Gasteiger partial charge in [-0.25, -0.2) is 4.79 Å². The third kappa shape index (κ3) is 3.74. The maximum Gasteiger partial charge on any atom is 0.338 e. The molecule has 0 fully saturated rings. The lowest BCUT2D eigenvalue weighted by atomic mass is 10.1. The van der Waals surface area contributed by atoms with Crippen molar-refractivity contribution in [3.63, 3.8) is 0 Å². The third-order valence-electron chi connectivity index (χ3n) is 2.40. The summed E-state index contributed by atoms with van der Waals surface area (Å²) in [5.41, 5.74) is 0.930. The summed E-state index contributed by atoms with van der Waals surface area (Å²) in [6, 6.07) is 0. The molecular formula is C12H17NO3S2. The number of carbonyl (C=O) groups excluding carboxylic acids is 1. The van der Waals surface area contributed by atoms with Crippen LogP contribution in [0.2, 0.25) is 0 Å². The Morgan fingerprint density at radius 2 is 2.00 bits per heavy atom. The van der Waals surface area contributed by atoms with E-state index in [2.05, 4.69) is 5.32 Å². The Morgan fingerprint density at radius 1 is 1.39 bits per heavy atom. The molecule has 0 aliphatic rings. The molecule has 0 aliphatic heterocycles. The Kier molecular flexibility index (Phi) is 5.22. The smallest absolute Gasteiger partial charge is 0.338 e. The van der Waals surface area contributed by atoms with Crippen molar-refractivity contribution in [2.45, 2.75) is 32.9 Å². The van der Waals surface area contributed by atoms with Gasteiger partial charge in [-0.05, 0) is 24.7 Å². The van der Waals surface area contributed by atoms with Crippen LogP contribution in [0.1, 0.15) is 34.6 Å². The second-order valence-corrected chi connectivity index (χ2v) is 6.99. The quantitative estimate of drug-likeness (QED) is 0.873. The molecule has 0 spiro atoms. The highest BCUT2D eigenvalue weighted by Crippen LogP contribution is 2.32. The number of carboxylic acid groups (broad SMARTS) is 1. The fourth-order valence-corrected chi connectivity index (χ4v) is 3.00. The van der Waals surface area contributed by atoms with Crippen LogP contribution < -0.4 is 5.32 Å². The van der Waals surface area contributed by atoms with Crippen molar-refractivity contribution in [2.75, 3.05) is 11.1 Å². The van der Waals surface area contributed by atoms with Crippen LogP contribution in [0.5, 0.6) is 0 Å². The van der Waals surface area contributed by atoms with E-state index in [4.69, 9.17) is 5.11 Å². The molecule has 1 heterocycles. The van der Waals surface area contributed by atoms with Gasteiger partial charge in [0.05, 0.1) is 11.3 Å². The van der Waals surface area contributed by atoms with E-state index in [1.807, 2.05) is 20.8 Å². The minimum absolute atomic E-state index is 0.155. The number of carbonyl (C=O) groups is 2. The molecule has 0 aliphatic carbocycles. The van der Waals surface area contributed by atoms with Gasteiger partial charge in [-0.15, -0.1) is 23.1 Å². The minimum Gasteiger partial charge on any atom is -0.478 e. The number of aromatic carboxylic acids is 1. The van der Waals surface area contributed by atoms with Gasteiger partial charge in [-0.1, -0.05) is 13.8 Å². The zero-order chi connectivity index (χ0) is 13.9. The van der Waals surface area contributed by atoms with Crippen molar-refractivity contribution in [1.82, 2.24) is 0 Å². The van der Waals surface area contributed by atoms with E-state index in [1.165, 1.54) is 23.1 Å². The molecule has 0 atom stereocenters. The number of nitrogens with one attached hydrogen (secondary N) is 1. The highest BCUT2D eigenvalue weighted by molar-refractivity contribution is 8.00. The Bertz CT molecular complexity index is 466. The van der Waals surface area contributed by atoms with E-state index in [0.29, 0.717) is 16.0 Å². The zero-order valence-corrected chi connectivity index (χ0v) is 12.5. The molecule has 1 amide bonds. The van der Waals surface area contributed by atoms with E-state index < -0.39 is 5.97 Å². The SMILES string of the molecule is Cc1sc(NC(=O)CSC(C)C)c(C(=O)O)c1C. The van der Waals surface area contributed by atoms with Gasteiger partial charge in [-0.2, -0.15) is 0 Å². The van der Waals surface area contributed by atoms with E-state index in [0.717, 1.165) is 10.4 Å². The lowest BCUT2D eigenvalue weighted by molar-refractivity contribution is -0.113. The van der Waals surface area contributed by atoms with Crippen molar-refractivity contribution in [3.05, 3.63) is 16.0 Å². The first-order valence-electron chi connectivity index (χ1n) is 5.57. The summed E-state index contributed by atoms with van der Waals surface area (Å²) in [6.07, 6.45) is 0. The van der Waals surface area contributed by atoms with E-state index >= 15 is 0 Å². The molecule has 1 rings (SSSR count). The number of hydrogen-bond donors (Lipinski definition) is 2. The fraction of sp³-hybridized carbons (Fsp3) is 0.500. The summed E-state index contributed by atoms with van der Waals surface area (Å²) in [4.78, 5) is 23.8.